The molecule has 2 aromatic carbocycles. The molecule has 1 heterocycles. The Morgan fingerprint density at radius 1 is 1.20 bits per heavy atom. The van der Waals surface area contributed by atoms with Gasteiger partial charge in [-0.25, -0.2) is 0 Å². The van der Waals surface area contributed by atoms with Gasteiger partial charge in [0.2, 0.25) is 6.54 Å². The molecule has 0 bridgehead atoms. The first kappa shape index (κ1) is 17.5. The predicted octanol–water partition coefficient (Wildman–Crippen LogP) is 5.01. The second-order valence-electron chi connectivity index (χ2n) is 6.93. The third kappa shape index (κ3) is 3.27. The van der Waals surface area contributed by atoms with Crippen LogP contribution in [-0.2, 0) is 5.41 Å². The highest BCUT2D eigenvalue weighted by atomic mass is 35.5. The van der Waals surface area contributed by atoms with Crippen LogP contribution in [0.15, 0.2) is 60.3 Å². The van der Waals surface area contributed by atoms with Crippen molar-refractivity contribution in [3.05, 3.63) is 86.6 Å². The second kappa shape index (κ2) is 6.52. The molecule has 2 aromatic rings. The van der Waals surface area contributed by atoms with Crippen LogP contribution in [0.4, 0.5) is 5.69 Å². The number of likely N-dealkylation sites (N-methyl/N-ethyl adjacent to an activating group) is 1. The van der Waals surface area contributed by atoms with E-state index in [0.29, 0.717) is 5.02 Å². The van der Waals surface area contributed by atoms with Crippen molar-refractivity contribution in [3.63, 3.8) is 0 Å². The van der Waals surface area contributed by atoms with Crippen LogP contribution in [0.2, 0.25) is 5.02 Å². The molecule has 5 heteroatoms. The van der Waals surface area contributed by atoms with Gasteiger partial charge < -0.3 is 4.90 Å². The average molecular weight is 357 g/mol. The van der Waals surface area contributed by atoms with Crippen molar-refractivity contribution in [2.24, 2.45) is 0 Å². The van der Waals surface area contributed by atoms with E-state index in [4.69, 9.17) is 11.6 Å². The molecule has 0 N–H and O–H groups in total. The first-order chi connectivity index (χ1) is 11.8. The quantitative estimate of drug-likeness (QED) is 0.571. The van der Waals surface area contributed by atoms with E-state index in [2.05, 4.69) is 30.9 Å². The number of hydrogen-bond donors (Lipinski definition) is 0. The second-order valence-corrected chi connectivity index (χ2v) is 7.36. The van der Waals surface area contributed by atoms with Crippen LogP contribution < -0.4 is 4.90 Å². The fourth-order valence-electron chi connectivity index (χ4n) is 3.62. The Morgan fingerprint density at radius 2 is 1.84 bits per heavy atom. The van der Waals surface area contributed by atoms with Crippen LogP contribution in [0, 0.1) is 10.1 Å². The SMILES string of the molecule is CN1/C(=C/C(C[N+](=O)[O-])c2ccc(Cl)cc2)C(C)(C)c2ccccc21. The fourth-order valence-corrected chi connectivity index (χ4v) is 3.74. The molecule has 1 unspecified atom stereocenters. The molecular weight excluding hydrogens is 336 g/mol. The Hall–Kier alpha value is -2.33. The summed E-state index contributed by atoms with van der Waals surface area (Å²) in [5, 5.41) is 11.8. The van der Waals surface area contributed by atoms with Crippen LogP contribution >= 0.6 is 11.6 Å². The van der Waals surface area contributed by atoms with Crippen LogP contribution in [0.3, 0.4) is 0 Å². The van der Waals surface area contributed by atoms with Crippen molar-refractivity contribution in [1.29, 1.82) is 0 Å². The van der Waals surface area contributed by atoms with Crippen molar-refractivity contribution < 1.29 is 4.92 Å². The number of benzene rings is 2. The predicted molar refractivity (Wildman–Crippen MR) is 102 cm³/mol. The number of halogens is 1. The lowest BCUT2D eigenvalue weighted by atomic mass is 9.82. The Balaban J connectivity index is 2.06. The zero-order chi connectivity index (χ0) is 18.2. The topological polar surface area (TPSA) is 46.4 Å². The highest BCUT2D eigenvalue weighted by molar-refractivity contribution is 6.30. The summed E-state index contributed by atoms with van der Waals surface area (Å²) in [5.41, 5.74) is 4.16. The number of hydrogen-bond acceptors (Lipinski definition) is 3. The van der Waals surface area contributed by atoms with Gasteiger partial charge in [0.15, 0.2) is 0 Å². The summed E-state index contributed by atoms with van der Waals surface area (Å²) in [5.74, 6) is -0.307. The molecule has 0 radical (unpaired) electrons. The number of fused-ring (bicyclic) bond motifs is 1. The standard InChI is InChI=1S/C20H21ClN2O2/c1-20(2)17-6-4-5-7-18(17)22(3)19(20)12-15(13-23(24)25)14-8-10-16(21)11-9-14/h4-12,15H,13H2,1-3H3/b19-12+. The number of allylic oxidation sites excluding steroid dienone is 1. The minimum Gasteiger partial charge on any atom is -0.347 e. The monoisotopic (exact) mass is 356 g/mol. The highest BCUT2D eigenvalue weighted by Crippen LogP contribution is 2.47. The molecule has 25 heavy (non-hydrogen) atoms. The van der Waals surface area contributed by atoms with E-state index < -0.39 is 0 Å². The van der Waals surface area contributed by atoms with Crippen LogP contribution in [0.5, 0.6) is 0 Å². The van der Waals surface area contributed by atoms with Gasteiger partial charge in [-0.05, 0) is 29.3 Å². The van der Waals surface area contributed by atoms with E-state index in [0.717, 1.165) is 16.9 Å². The van der Waals surface area contributed by atoms with Gasteiger partial charge in [0.25, 0.3) is 0 Å². The Morgan fingerprint density at radius 3 is 2.44 bits per heavy atom. The van der Waals surface area contributed by atoms with Gasteiger partial charge in [-0.2, -0.15) is 0 Å². The number of anilines is 1. The number of nitro groups is 1. The first-order valence-electron chi connectivity index (χ1n) is 8.23. The van der Waals surface area contributed by atoms with E-state index in [9.17, 15) is 10.1 Å². The lowest BCUT2D eigenvalue weighted by Gasteiger charge is -2.26. The molecule has 4 nitrogen and oxygen atoms in total. The van der Waals surface area contributed by atoms with Crippen molar-refractivity contribution in [2.75, 3.05) is 18.5 Å². The summed E-state index contributed by atoms with van der Waals surface area (Å²) >= 11 is 5.96. The molecule has 0 saturated heterocycles. The Kier molecular flexibility index (Phi) is 4.56. The van der Waals surface area contributed by atoms with Crippen molar-refractivity contribution in [1.82, 2.24) is 0 Å². The molecule has 0 aromatic heterocycles. The van der Waals surface area contributed by atoms with E-state index >= 15 is 0 Å². The molecule has 0 saturated carbocycles. The smallest absolute Gasteiger partial charge is 0.214 e. The molecule has 3 rings (SSSR count). The maximum absolute atomic E-state index is 11.2. The Bertz CT molecular complexity index is 828. The van der Waals surface area contributed by atoms with Gasteiger partial charge in [-0.3, -0.25) is 10.1 Å². The van der Waals surface area contributed by atoms with E-state index in [1.165, 1.54) is 5.56 Å². The third-order valence-corrected chi connectivity index (χ3v) is 5.20. The molecule has 1 aliphatic rings. The molecule has 1 aliphatic heterocycles. The minimum atomic E-state index is -0.307. The van der Waals surface area contributed by atoms with Crippen molar-refractivity contribution in [3.8, 4) is 0 Å². The summed E-state index contributed by atoms with van der Waals surface area (Å²) in [6.45, 7) is 4.17. The van der Waals surface area contributed by atoms with Gasteiger partial charge >= 0.3 is 0 Å². The summed E-state index contributed by atoms with van der Waals surface area (Å²) in [6, 6.07) is 15.5. The first-order valence-corrected chi connectivity index (χ1v) is 8.61. The molecule has 0 fully saturated rings. The van der Waals surface area contributed by atoms with Gasteiger partial charge in [0, 0.05) is 33.8 Å². The lowest BCUT2D eigenvalue weighted by Crippen LogP contribution is -2.25. The molecular formula is C20H21ClN2O2. The molecule has 0 spiro atoms. The lowest BCUT2D eigenvalue weighted by molar-refractivity contribution is -0.481. The third-order valence-electron chi connectivity index (χ3n) is 4.94. The number of nitrogens with zero attached hydrogens (tertiary/aromatic N) is 2. The van der Waals surface area contributed by atoms with Crippen LogP contribution in [0.1, 0.15) is 30.9 Å². The highest BCUT2D eigenvalue weighted by Gasteiger charge is 2.38. The average Bonchev–Trinajstić information content (AvgIpc) is 2.76. The fraction of sp³-hybridized carbons (Fsp3) is 0.300. The zero-order valence-corrected chi connectivity index (χ0v) is 15.3. The summed E-state index contributed by atoms with van der Waals surface area (Å²) < 4.78 is 0. The van der Waals surface area contributed by atoms with Gasteiger partial charge in [-0.15, -0.1) is 0 Å². The van der Waals surface area contributed by atoms with Gasteiger partial charge in [-0.1, -0.05) is 61.9 Å². The maximum Gasteiger partial charge on any atom is 0.214 e. The molecule has 130 valence electrons. The van der Waals surface area contributed by atoms with Crippen molar-refractivity contribution >= 4 is 17.3 Å². The number of rotatable bonds is 4. The van der Waals surface area contributed by atoms with E-state index in [1.807, 2.05) is 37.4 Å². The largest absolute Gasteiger partial charge is 0.347 e. The van der Waals surface area contributed by atoms with E-state index in [-0.39, 0.29) is 22.8 Å². The van der Waals surface area contributed by atoms with Gasteiger partial charge in [0.1, 0.15) is 0 Å². The minimum absolute atomic E-state index is 0.147. The molecule has 0 amide bonds. The van der Waals surface area contributed by atoms with Crippen LogP contribution in [-0.4, -0.2) is 18.5 Å². The normalized spacial score (nSPS) is 18.2. The van der Waals surface area contributed by atoms with Crippen molar-refractivity contribution in [2.45, 2.75) is 25.2 Å². The Labute approximate surface area is 152 Å². The number of para-hydroxylation sites is 1. The summed E-state index contributed by atoms with van der Waals surface area (Å²) in [4.78, 5) is 13.1. The van der Waals surface area contributed by atoms with Crippen LogP contribution in [0.25, 0.3) is 0 Å². The zero-order valence-electron chi connectivity index (χ0n) is 14.6. The van der Waals surface area contributed by atoms with Gasteiger partial charge in [0.05, 0.1) is 5.92 Å². The summed E-state index contributed by atoms with van der Waals surface area (Å²) in [6.07, 6.45) is 2.03. The molecule has 1 atom stereocenters. The molecule has 0 aliphatic carbocycles. The van der Waals surface area contributed by atoms with E-state index in [1.54, 1.807) is 12.1 Å². The summed E-state index contributed by atoms with van der Waals surface area (Å²) in [7, 11) is 2.02. The maximum atomic E-state index is 11.2.